The highest BCUT2D eigenvalue weighted by Crippen LogP contribution is 2.39. The molecule has 0 spiro atoms. The van der Waals surface area contributed by atoms with Crippen LogP contribution in [0.25, 0.3) is 0 Å². The van der Waals surface area contributed by atoms with E-state index >= 15 is 0 Å². The molecular formula is C33H36ClFN4O2. The summed E-state index contributed by atoms with van der Waals surface area (Å²) in [5, 5.41) is 6.53. The largest absolute Gasteiger partial charge is 0.357 e. The van der Waals surface area contributed by atoms with Gasteiger partial charge in [0.25, 0.3) is 5.91 Å². The van der Waals surface area contributed by atoms with Crippen molar-refractivity contribution in [1.82, 2.24) is 15.5 Å². The Balaban J connectivity index is 1.43. The van der Waals surface area contributed by atoms with Crippen LogP contribution >= 0.6 is 11.6 Å². The Labute approximate surface area is 246 Å². The number of nitrogens with one attached hydrogen (secondary N) is 2. The lowest BCUT2D eigenvalue weighted by molar-refractivity contribution is -0.124. The topological polar surface area (TPSA) is 73.8 Å². The van der Waals surface area contributed by atoms with Crippen molar-refractivity contribution in [1.29, 1.82) is 0 Å². The van der Waals surface area contributed by atoms with E-state index in [1.54, 1.807) is 31.3 Å². The first-order valence-corrected chi connectivity index (χ1v) is 14.4. The van der Waals surface area contributed by atoms with Crippen LogP contribution in [0.2, 0.25) is 5.02 Å². The molecule has 5 unspecified atom stereocenters. The van der Waals surface area contributed by atoms with Gasteiger partial charge in [0.2, 0.25) is 5.91 Å². The average Bonchev–Trinajstić information content (AvgIpc) is 3.34. The van der Waals surface area contributed by atoms with E-state index in [-0.39, 0.29) is 35.8 Å². The minimum Gasteiger partial charge on any atom is -0.357 e. The van der Waals surface area contributed by atoms with Gasteiger partial charge < -0.3 is 10.6 Å². The Kier molecular flexibility index (Phi) is 8.04. The van der Waals surface area contributed by atoms with E-state index in [0.717, 1.165) is 12.0 Å². The smallest absolute Gasteiger partial charge is 0.251 e. The number of fused-ring (bicyclic) bond motifs is 1. The predicted octanol–water partition coefficient (Wildman–Crippen LogP) is 5.80. The summed E-state index contributed by atoms with van der Waals surface area (Å²) in [5.41, 5.74) is 3.28. The van der Waals surface area contributed by atoms with Gasteiger partial charge in [0, 0.05) is 29.6 Å². The second-order valence-electron chi connectivity index (χ2n) is 11.6. The number of carbonyl (C=O) groups excluding carboxylic acids is 2. The first-order chi connectivity index (χ1) is 19.5. The van der Waals surface area contributed by atoms with Crippen LogP contribution in [-0.2, 0) is 4.79 Å². The molecule has 6 nitrogen and oxygen atoms in total. The lowest BCUT2D eigenvalue weighted by Gasteiger charge is -2.40. The molecule has 41 heavy (non-hydrogen) atoms. The molecule has 5 rings (SSSR count). The van der Waals surface area contributed by atoms with Gasteiger partial charge in [0.15, 0.2) is 0 Å². The van der Waals surface area contributed by atoms with Gasteiger partial charge >= 0.3 is 0 Å². The van der Waals surface area contributed by atoms with Gasteiger partial charge in [-0.15, -0.1) is 0 Å². The molecule has 8 heteroatoms. The van der Waals surface area contributed by atoms with Crippen LogP contribution in [0, 0.1) is 11.7 Å². The van der Waals surface area contributed by atoms with Gasteiger partial charge in [-0.2, -0.15) is 0 Å². The lowest BCUT2D eigenvalue weighted by Crippen LogP contribution is -2.55. The summed E-state index contributed by atoms with van der Waals surface area (Å²) in [5.74, 6) is -0.571. The van der Waals surface area contributed by atoms with E-state index in [1.807, 2.05) is 39.0 Å². The van der Waals surface area contributed by atoms with Crippen LogP contribution in [0.5, 0.6) is 0 Å². The number of rotatable bonds is 6. The SMILES string of the molecule is CNC(=O)C1C(c2ccc(F)cc2)=NC2C=CC(c3cc(C(=O)NC(C)(C)C4=CC=CCC4C)ccc3Cl)C(C)N21. The average molecular weight is 575 g/mol. The van der Waals surface area contributed by atoms with E-state index in [2.05, 4.69) is 40.7 Å². The van der Waals surface area contributed by atoms with Crippen molar-refractivity contribution in [3.63, 3.8) is 0 Å². The quantitative estimate of drug-likeness (QED) is 0.428. The number of carbonyl (C=O) groups is 2. The van der Waals surface area contributed by atoms with Crippen LogP contribution < -0.4 is 10.6 Å². The molecule has 5 atom stereocenters. The summed E-state index contributed by atoms with van der Waals surface area (Å²) in [7, 11) is 1.60. The zero-order valence-corrected chi connectivity index (χ0v) is 24.7. The maximum absolute atomic E-state index is 13.6. The number of hydrogen-bond acceptors (Lipinski definition) is 4. The lowest BCUT2D eigenvalue weighted by atomic mass is 9.80. The minimum absolute atomic E-state index is 0.174. The number of halogens is 2. The van der Waals surface area contributed by atoms with Crippen molar-refractivity contribution in [3.8, 4) is 0 Å². The van der Waals surface area contributed by atoms with Crippen LogP contribution in [0.1, 0.15) is 61.5 Å². The third-order valence-corrected chi connectivity index (χ3v) is 8.79. The van der Waals surface area contributed by atoms with Crippen molar-refractivity contribution in [2.45, 2.75) is 63.8 Å². The third-order valence-electron chi connectivity index (χ3n) is 8.45. The van der Waals surface area contributed by atoms with Crippen molar-refractivity contribution in [2.75, 3.05) is 7.05 Å². The molecule has 214 valence electrons. The van der Waals surface area contributed by atoms with Crippen molar-refractivity contribution >= 4 is 29.1 Å². The molecule has 0 saturated heterocycles. The molecule has 0 aromatic heterocycles. The van der Waals surface area contributed by atoms with Gasteiger partial charge in [-0.05, 0) is 86.2 Å². The fourth-order valence-corrected chi connectivity index (χ4v) is 6.55. The molecule has 0 saturated carbocycles. The molecule has 2 aromatic carbocycles. The highest BCUT2D eigenvalue weighted by molar-refractivity contribution is 6.31. The Morgan fingerprint density at radius 3 is 2.51 bits per heavy atom. The summed E-state index contributed by atoms with van der Waals surface area (Å²) in [6, 6.07) is 10.6. The Bertz CT molecular complexity index is 1480. The zero-order chi connectivity index (χ0) is 29.5. The molecule has 0 radical (unpaired) electrons. The second kappa shape index (κ2) is 11.4. The van der Waals surface area contributed by atoms with Crippen molar-refractivity contribution in [2.24, 2.45) is 10.9 Å². The number of aliphatic imine (C=N–C) groups is 1. The number of nitrogens with zero attached hydrogens (tertiary/aromatic N) is 2. The summed E-state index contributed by atoms with van der Waals surface area (Å²) >= 11 is 6.74. The van der Waals surface area contributed by atoms with E-state index < -0.39 is 11.6 Å². The van der Waals surface area contributed by atoms with Crippen molar-refractivity contribution < 1.29 is 14.0 Å². The third kappa shape index (κ3) is 5.53. The summed E-state index contributed by atoms with van der Waals surface area (Å²) in [4.78, 5) is 33.6. The normalized spacial score (nSPS) is 25.8. The molecule has 1 aliphatic carbocycles. The van der Waals surface area contributed by atoms with Crippen molar-refractivity contribution in [3.05, 3.63) is 106 Å². The van der Waals surface area contributed by atoms with Gasteiger partial charge in [-0.25, -0.2) is 4.39 Å². The number of benzene rings is 2. The van der Waals surface area contributed by atoms with Gasteiger partial charge in [-0.1, -0.05) is 55.0 Å². The summed E-state index contributed by atoms with van der Waals surface area (Å²) in [6.07, 6.45) is 10.9. The second-order valence-corrected chi connectivity index (χ2v) is 12.0. The van der Waals surface area contributed by atoms with Gasteiger partial charge in [0.1, 0.15) is 18.0 Å². The number of hydrogen-bond donors (Lipinski definition) is 2. The number of amides is 2. The monoisotopic (exact) mass is 574 g/mol. The standard InChI is InChI=1S/C33H36ClFN4O2/c1-19-8-6-7-9-26(19)33(3,4)38-31(40)22-12-16-27(34)25(18-22)24-15-17-28-37-29(21-10-13-23(35)14-11-21)30(32(41)36-5)39(28)20(24)2/h6-7,9-20,24,28,30H,8H2,1-5H3,(H,36,41)(H,38,40). The first-order valence-electron chi connectivity index (χ1n) is 14.0. The number of likely N-dealkylation sites (N-methyl/N-ethyl adjacent to an activating group) is 1. The molecule has 2 N–H and O–H groups in total. The van der Waals surface area contributed by atoms with Crippen LogP contribution in [0.4, 0.5) is 4.39 Å². The molecule has 2 heterocycles. The first kappa shape index (κ1) is 29.0. The Hall–Kier alpha value is -3.55. The molecule has 2 amide bonds. The fourth-order valence-electron chi connectivity index (χ4n) is 6.31. The highest BCUT2D eigenvalue weighted by atomic mass is 35.5. The van der Waals surface area contributed by atoms with Crippen LogP contribution in [0.3, 0.4) is 0 Å². The molecular weight excluding hydrogens is 539 g/mol. The number of allylic oxidation sites excluding steroid dienone is 3. The van der Waals surface area contributed by atoms with E-state index in [9.17, 15) is 14.0 Å². The Morgan fingerprint density at radius 2 is 1.83 bits per heavy atom. The van der Waals surface area contributed by atoms with Gasteiger partial charge in [0.05, 0.1) is 11.3 Å². The summed E-state index contributed by atoms with van der Waals surface area (Å²) in [6.45, 7) is 8.26. The molecule has 3 aliphatic rings. The predicted molar refractivity (Wildman–Crippen MR) is 162 cm³/mol. The molecule has 0 fully saturated rings. The minimum atomic E-state index is -0.663. The van der Waals surface area contributed by atoms with E-state index in [4.69, 9.17) is 16.6 Å². The maximum atomic E-state index is 13.6. The zero-order valence-electron chi connectivity index (χ0n) is 24.0. The highest BCUT2D eigenvalue weighted by Gasteiger charge is 2.46. The molecule has 0 bridgehead atoms. The fraction of sp³-hybridized carbons (Fsp3) is 0.364. The van der Waals surface area contributed by atoms with E-state index in [1.165, 1.54) is 17.7 Å². The molecule has 2 aliphatic heterocycles. The van der Waals surface area contributed by atoms with E-state index in [0.29, 0.717) is 27.8 Å². The maximum Gasteiger partial charge on any atom is 0.251 e. The molecule has 2 aromatic rings. The van der Waals surface area contributed by atoms with Gasteiger partial charge in [-0.3, -0.25) is 19.5 Å². The Morgan fingerprint density at radius 1 is 1.10 bits per heavy atom. The summed E-state index contributed by atoms with van der Waals surface area (Å²) < 4.78 is 13.6. The van der Waals surface area contributed by atoms with Crippen LogP contribution in [0.15, 0.2) is 83.4 Å². The van der Waals surface area contributed by atoms with Crippen LogP contribution in [-0.4, -0.2) is 53.3 Å².